The van der Waals surface area contributed by atoms with Gasteiger partial charge < -0.3 is 0 Å². The highest BCUT2D eigenvalue weighted by atomic mass is 14.5. The Balaban J connectivity index is 2.20. The summed E-state index contributed by atoms with van der Waals surface area (Å²) in [6.45, 7) is 7.16. The monoisotopic (exact) mass is 204 g/mol. The van der Waals surface area contributed by atoms with Gasteiger partial charge in [0, 0.05) is 0 Å². The Morgan fingerprint density at radius 1 is 1.00 bits per heavy atom. The molecule has 0 bridgehead atoms. The summed E-state index contributed by atoms with van der Waals surface area (Å²) in [7, 11) is 6.41. The highest BCUT2D eigenvalue weighted by Crippen LogP contribution is 2.55. The Kier molecular flexibility index (Phi) is 2.94. The molecule has 2 aliphatic rings. The minimum absolute atomic E-state index is 0.0842. The van der Waals surface area contributed by atoms with Gasteiger partial charge in [-0.2, -0.15) is 0 Å². The summed E-state index contributed by atoms with van der Waals surface area (Å²) in [6.07, 6.45) is 9.64. The fraction of sp³-hybridized carbons (Fsp3) is 1.00. The van der Waals surface area contributed by atoms with Gasteiger partial charge >= 0.3 is 0 Å². The Bertz CT molecular complexity index is 229. The molecule has 15 heavy (non-hydrogen) atoms. The Morgan fingerprint density at radius 2 is 1.67 bits per heavy atom. The summed E-state index contributed by atoms with van der Waals surface area (Å²) >= 11 is 0. The second kappa shape index (κ2) is 3.82. The van der Waals surface area contributed by atoms with Crippen LogP contribution in [-0.2, 0) is 0 Å². The molecule has 2 radical (unpaired) electrons. The van der Waals surface area contributed by atoms with Gasteiger partial charge in [0.1, 0.15) is 0 Å². The van der Waals surface area contributed by atoms with E-state index in [-0.39, 0.29) is 5.31 Å². The molecule has 3 atom stereocenters. The molecule has 0 nitrogen and oxygen atoms in total. The van der Waals surface area contributed by atoms with E-state index in [9.17, 15) is 0 Å². The van der Waals surface area contributed by atoms with Crippen LogP contribution in [0.3, 0.4) is 0 Å². The van der Waals surface area contributed by atoms with Gasteiger partial charge in [-0.25, -0.2) is 0 Å². The van der Waals surface area contributed by atoms with Crippen LogP contribution in [-0.4, -0.2) is 7.85 Å². The van der Waals surface area contributed by atoms with E-state index in [1.807, 2.05) is 0 Å². The Morgan fingerprint density at radius 3 is 2.40 bits per heavy atom. The van der Waals surface area contributed by atoms with Crippen molar-refractivity contribution >= 4 is 7.85 Å². The molecule has 2 aliphatic carbocycles. The third-order valence-electron chi connectivity index (χ3n) is 4.86. The van der Waals surface area contributed by atoms with E-state index in [0.717, 1.165) is 11.8 Å². The molecule has 2 rings (SSSR count). The van der Waals surface area contributed by atoms with E-state index in [0.29, 0.717) is 5.41 Å². The second-order valence-electron chi connectivity index (χ2n) is 7.01. The van der Waals surface area contributed by atoms with E-state index in [2.05, 4.69) is 20.8 Å². The molecule has 2 unspecified atom stereocenters. The molecule has 0 spiro atoms. The van der Waals surface area contributed by atoms with E-state index in [1.165, 1.54) is 44.9 Å². The van der Waals surface area contributed by atoms with Gasteiger partial charge in [-0.15, -0.1) is 0 Å². The minimum Gasteiger partial charge on any atom is -0.0683 e. The van der Waals surface area contributed by atoms with Crippen molar-refractivity contribution in [2.75, 3.05) is 0 Å². The summed E-state index contributed by atoms with van der Waals surface area (Å²) in [4.78, 5) is 0. The van der Waals surface area contributed by atoms with Crippen molar-refractivity contribution in [1.29, 1.82) is 0 Å². The van der Waals surface area contributed by atoms with Crippen LogP contribution in [0, 0.1) is 17.3 Å². The molecule has 0 heterocycles. The molecule has 2 saturated carbocycles. The lowest BCUT2D eigenvalue weighted by Gasteiger charge is -2.42. The first-order valence-corrected chi connectivity index (χ1v) is 6.70. The largest absolute Gasteiger partial charge is 0.0742 e. The van der Waals surface area contributed by atoms with Crippen molar-refractivity contribution in [3.8, 4) is 0 Å². The third-order valence-corrected chi connectivity index (χ3v) is 4.86. The molecule has 84 valence electrons. The predicted molar refractivity (Wildman–Crippen MR) is 67.2 cm³/mol. The quantitative estimate of drug-likeness (QED) is 0.514. The molecule has 0 amide bonds. The first kappa shape index (κ1) is 11.5. The molecule has 0 aliphatic heterocycles. The smallest absolute Gasteiger partial charge is 0.0683 e. The molecular formula is C14H25B. The predicted octanol–water partition coefficient (Wildman–Crippen LogP) is 4.35. The number of hydrogen-bond donors (Lipinski definition) is 0. The number of rotatable bonds is 0. The summed E-state index contributed by atoms with van der Waals surface area (Å²) in [5, 5.41) is 0.0842. The van der Waals surface area contributed by atoms with Crippen LogP contribution < -0.4 is 0 Å². The average Bonchev–Trinajstić information content (AvgIpc) is 2.22. The first-order chi connectivity index (χ1) is 6.91. The zero-order chi connectivity index (χ0) is 11.1. The van der Waals surface area contributed by atoms with Crippen LogP contribution in [0.1, 0.15) is 65.7 Å². The lowest BCUT2D eigenvalue weighted by molar-refractivity contribution is 0.0927. The van der Waals surface area contributed by atoms with Crippen LogP contribution in [0.4, 0.5) is 0 Å². The fourth-order valence-corrected chi connectivity index (χ4v) is 4.36. The highest BCUT2D eigenvalue weighted by Gasteiger charge is 2.42. The molecule has 0 N–H and O–H groups in total. The normalized spacial score (nSPS) is 45.5. The topological polar surface area (TPSA) is 0 Å². The van der Waals surface area contributed by atoms with Gasteiger partial charge in [0.2, 0.25) is 0 Å². The minimum atomic E-state index is 0.0842. The molecule has 0 aromatic carbocycles. The number of fused-ring (bicyclic) bond motifs is 1. The maximum absolute atomic E-state index is 6.41. The van der Waals surface area contributed by atoms with Crippen molar-refractivity contribution < 1.29 is 0 Å². The van der Waals surface area contributed by atoms with Crippen LogP contribution in [0.15, 0.2) is 0 Å². The summed E-state index contributed by atoms with van der Waals surface area (Å²) in [5.74, 6) is 1.91. The summed E-state index contributed by atoms with van der Waals surface area (Å²) in [6, 6.07) is 0. The standard InChI is InChI=1S/C14H25B/c1-13(2)10-14(3,15)9-8-11-6-4-5-7-12(11)13/h11-12H,4-10H2,1-3H3/t11?,12-,14?/m0/s1. The van der Waals surface area contributed by atoms with Crippen molar-refractivity contribution in [1.82, 2.24) is 0 Å². The molecule has 0 saturated heterocycles. The number of hydrogen-bond acceptors (Lipinski definition) is 0. The van der Waals surface area contributed by atoms with Crippen LogP contribution in [0.25, 0.3) is 0 Å². The van der Waals surface area contributed by atoms with Gasteiger partial charge in [0.05, 0.1) is 7.85 Å². The zero-order valence-corrected chi connectivity index (χ0v) is 10.7. The maximum atomic E-state index is 6.41. The van der Waals surface area contributed by atoms with Crippen LogP contribution in [0.2, 0.25) is 5.31 Å². The fourth-order valence-electron chi connectivity index (χ4n) is 4.36. The molecular weight excluding hydrogens is 179 g/mol. The highest BCUT2D eigenvalue weighted by molar-refractivity contribution is 6.14. The van der Waals surface area contributed by atoms with Crippen LogP contribution in [0.5, 0.6) is 0 Å². The zero-order valence-electron chi connectivity index (χ0n) is 10.7. The van der Waals surface area contributed by atoms with Crippen molar-refractivity contribution in [3.63, 3.8) is 0 Å². The average molecular weight is 204 g/mol. The van der Waals surface area contributed by atoms with Crippen molar-refractivity contribution in [2.24, 2.45) is 17.3 Å². The summed E-state index contributed by atoms with van der Waals surface area (Å²) < 4.78 is 0. The van der Waals surface area contributed by atoms with Gasteiger partial charge in [-0.05, 0) is 23.7 Å². The van der Waals surface area contributed by atoms with Crippen LogP contribution >= 0.6 is 0 Å². The van der Waals surface area contributed by atoms with E-state index < -0.39 is 0 Å². The van der Waals surface area contributed by atoms with Gasteiger partial charge in [-0.1, -0.05) is 64.6 Å². The van der Waals surface area contributed by atoms with Gasteiger partial charge in [0.15, 0.2) is 0 Å². The molecule has 0 aromatic heterocycles. The maximum Gasteiger partial charge on any atom is 0.0742 e. The van der Waals surface area contributed by atoms with Crippen molar-refractivity contribution in [2.45, 2.75) is 71.0 Å². The lowest BCUT2D eigenvalue weighted by atomic mass is 9.58. The first-order valence-electron chi connectivity index (χ1n) is 6.70. The molecule has 2 fully saturated rings. The van der Waals surface area contributed by atoms with E-state index >= 15 is 0 Å². The van der Waals surface area contributed by atoms with E-state index in [1.54, 1.807) is 0 Å². The molecule has 1 heteroatoms. The summed E-state index contributed by atoms with van der Waals surface area (Å²) in [5.41, 5.74) is 0.463. The molecule has 0 aromatic rings. The second-order valence-corrected chi connectivity index (χ2v) is 7.01. The van der Waals surface area contributed by atoms with Gasteiger partial charge in [0.25, 0.3) is 0 Å². The lowest BCUT2D eigenvalue weighted by Crippen LogP contribution is -2.32. The SMILES string of the molecule is [B]C1(C)CCC2CCCC[C@@H]2C(C)(C)C1. The van der Waals surface area contributed by atoms with E-state index in [4.69, 9.17) is 7.85 Å². The van der Waals surface area contributed by atoms with Gasteiger partial charge in [-0.3, -0.25) is 0 Å². The third kappa shape index (κ3) is 2.42. The Labute approximate surface area is 96.6 Å². The van der Waals surface area contributed by atoms with Crippen molar-refractivity contribution in [3.05, 3.63) is 0 Å². The Hall–Kier alpha value is 0.0649.